The van der Waals surface area contributed by atoms with Crippen LogP contribution >= 0.6 is 0 Å². The van der Waals surface area contributed by atoms with E-state index in [1.54, 1.807) is 6.33 Å². The predicted molar refractivity (Wildman–Crippen MR) is 86.2 cm³/mol. The molecule has 0 aliphatic carbocycles. The first-order valence-electron chi connectivity index (χ1n) is 7.44. The van der Waals surface area contributed by atoms with Crippen molar-refractivity contribution in [2.24, 2.45) is 0 Å². The van der Waals surface area contributed by atoms with Gasteiger partial charge in [-0.25, -0.2) is 0 Å². The number of benzene rings is 1. The van der Waals surface area contributed by atoms with Crippen LogP contribution in [0.4, 0.5) is 0 Å². The minimum atomic E-state index is -0.344. The fourth-order valence-electron chi connectivity index (χ4n) is 2.70. The fourth-order valence-corrected chi connectivity index (χ4v) is 2.70. The summed E-state index contributed by atoms with van der Waals surface area (Å²) in [6.45, 7) is 8.25. The van der Waals surface area contributed by atoms with Gasteiger partial charge in [-0.15, -0.1) is 10.2 Å². The highest BCUT2D eigenvalue weighted by Gasteiger charge is 2.51. The van der Waals surface area contributed by atoms with E-state index in [0.717, 1.165) is 21.9 Å². The first-order valence-corrected chi connectivity index (χ1v) is 7.44. The lowest BCUT2D eigenvalue weighted by atomic mass is 9.78. The molecule has 112 valence electrons. The Morgan fingerprint density at radius 3 is 2.45 bits per heavy atom. The van der Waals surface area contributed by atoms with Crippen LogP contribution in [0.25, 0.3) is 16.4 Å². The molecule has 0 bridgehead atoms. The number of rotatable bonds is 1. The third-order valence-electron chi connectivity index (χ3n) is 4.80. The lowest BCUT2D eigenvalue weighted by molar-refractivity contribution is 0.00578. The normalized spacial score (nSPS) is 20.1. The molecule has 1 aromatic carbocycles. The molecule has 0 spiro atoms. The Bertz CT molecular complexity index is 856. The Morgan fingerprint density at radius 1 is 1.00 bits per heavy atom. The largest absolute Gasteiger partial charge is 0.494 e. The zero-order chi connectivity index (χ0) is 15.5. The standard InChI is InChI=1S/C16H18BN3O2/c1-15(2)16(3,4)22-17(21-15)13-6-5-11-9-20-10-18-19-14(20)8-12(11)7-13/h5-10H,1-4H3. The molecule has 2 aromatic heterocycles. The Kier molecular flexibility index (Phi) is 2.69. The molecule has 0 radical (unpaired) electrons. The van der Waals surface area contributed by atoms with Crippen molar-refractivity contribution in [2.45, 2.75) is 38.9 Å². The number of aromatic nitrogens is 3. The summed E-state index contributed by atoms with van der Waals surface area (Å²) in [6, 6.07) is 8.26. The van der Waals surface area contributed by atoms with Gasteiger partial charge in [0.25, 0.3) is 0 Å². The molecule has 4 rings (SSSR count). The molecule has 1 fully saturated rings. The summed E-state index contributed by atoms with van der Waals surface area (Å²) in [6.07, 6.45) is 3.73. The van der Waals surface area contributed by atoms with Gasteiger partial charge in [-0.3, -0.25) is 4.40 Å². The first kappa shape index (κ1) is 13.7. The van der Waals surface area contributed by atoms with E-state index in [0.29, 0.717) is 0 Å². The summed E-state index contributed by atoms with van der Waals surface area (Å²) in [5.74, 6) is 0. The molecule has 5 nitrogen and oxygen atoms in total. The Labute approximate surface area is 129 Å². The van der Waals surface area contributed by atoms with Crippen LogP contribution in [0.1, 0.15) is 27.7 Å². The molecule has 22 heavy (non-hydrogen) atoms. The van der Waals surface area contributed by atoms with E-state index in [4.69, 9.17) is 9.31 Å². The number of nitrogens with zero attached hydrogens (tertiary/aromatic N) is 3. The lowest BCUT2D eigenvalue weighted by Gasteiger charge is -2.32. The van der Waals surface area contributed by atoms with Crippen molar-refractivity contribution in [1.29, 1.82) is 0 Å². The number of hydrogen-bond donors (Lipinski definition) is 0. The second-order valence-corrected chi connectivity index (χ2v) is 6.85. The van der Waals surface area contributed by atoms with Gasteiger partial charge in [-0.1, -0.05) is 18.2 Å². The third-order valence-corrected chi connectivity index (χ3v) is 4.80. The van der Waals surface area contributed by atoms with Gasteiger partial charge in [0, 0.05) is 6.20 Å². The minimum absolute atomic E-state index is 0.330. The molecule has 1 saturated heterocycles. The Hall–Kier alpha value is -1.92. The van der Waals surface area contributed by atoms with Gasteiger partial charge in [0.05, 0.1) is 11.2 Å². The monoisotopic (exact) mass is 295 g/mol. The van der Waals surface area contributed by atoms with E-state index < -0.39 is 0 Å². The van der Waals surface area contributed by atoms with Crippen molar-refractivity contribution in [2.75, 3.05) is 0 Å². The van der Waals surface area contributed by atoms with Crippen LogP contribution in [0.3, 0.4) is 0 Å². The molecule has 1 aliphatic rings. The van der Waals surface area contributed by atoms with Gasteiger partial charge >= 0.3 is 7.12 Å². The van der Waals surface area contributed by atoms with Crippen LogP contribution in [0.2, 0.25) is 0 Å². The maximum atomic E-state index is 6.12. The molecule has 0 amide bonds. The van der Waals surface area contributed by atoms with Gasteiger partial charge in [-0.05, 0) is 50.0 Å². The van der Waals surface area contributed by atoms with E-state index in [1.807, 2.05) is 16.7 Å². The molecule has 0 N–H and O–H groups in total. The van der Waals surface area contributed by atoms with Crippen LogP contribution in [0, 0.1) is 0 Å². The van der Waals surface area contributed by atoms with E-state index in [2.05, 4.69) is 56.1 Å². The second kappa shape index (κ2) is 4.30. The van der Waals surface area contributed by atoms with Crippen molar-refractivity contribution in [3.63, 3.8) is 0 Å². The van der Waals surface area contributed by atoms with Crippen molar-refractivity contribution in [1.82, 2.24) is 14.6 Å². The zero-order valence-corrected chi connectivity index (χ0v) is 13.2. The van der Waals surface area contributed by atoms with Gasteiger partial charge in [0.2, 0.25) is 0 Å². The minimum Gasteiger partial charge on any atom is -0.399 e. The molecule has 3 heterocycles. The molecular weight excluding hydrogens is 277 g/mol. The van der Waals surface area contributed by atoms with Crippen molar-refractivity contribution < 1.29 is 9.31 Å². The molecule has 0 atom stereocenters. The average molecular weight is 295 g/mol. The predicted octanol–water partition coefficient (Wildman–Crippen LogP) is 2.18. The summed E-state index contributed by atoms with van der Waals surface area (Å²) in [4.78, 5) is 0. The van der Waals surface area contributed by atoms with E-state index in [9.17, 15) is 0 Å². The molecule has 0 unspecified atom stereocenters. The lowest BCUT2D eigenvalue weighted by Crippen LogP contribution is -2.41. The van der Waals surface area contributed by atoms with Gasteiger partial charge in [-0.2, -0.15) is 0 Å². The highest BCUT2D eigenvalue weighted by molar-refractivity contribution is 6.62. The number of pyridine rings is 1. The summed E-state index contributed by atoms with van der Waals surface area (Å²) in [5.41, 5.74) is 1.20. The highest BCUT2D eigenvalue weighted by atomic mass is 16.7. The smallest absolute Gasteiger partial charge is 0.399 e. The molecule has 1 aliphatic heterocycles. The summed E-state index contributed by atoms with van der Waals surface area (Å²) < 4.78 is 14.1. The topological polar surface area (TPSA) is 48.7 Å². The number of fused-ring (bicyclic) bond motifs is 2. The van der Waals surface area contributed by atoms with Gasteiger partial charge in [0.15, 0.2) is 5.65 Å². The van der Waals surface area contributed by atoms with Gasteiger partial charge < -0.3 is 9.31 Å². The summed E-state index contributed by atoms with van der Waals surface area (Å²) >= 11 is 0. The SMILES string of the molecule is CC1(C)OB(c2ccc3cn4cnnc4cc3c2)OC1(C)C. The maximum absolute atomic E-state index is 6.12. The van der Waals surface area contributed by atoms with E-state index in [-0.39, 0.29) is 18.3 Å². The first-order chi connectivity index (χ1) is 10.4. The van der Waals surface area contributed by atoms with Crippen LogP contribution in [0.15, 0.2) is 36.8 Å². The number of hydrogen-bond acceptors (Lipinski definition) is 4. The van der Waals surface area contributed by atoms with Crippen LogP contribution in [0.5, 0.6) is 0 Å². The van der Waals surface area contributed by atoms with Gasteiger partial charge in [0.1, 0.15) is 6.33 Å². The Morgan fingerprint density at radius 2 is 1.73 bits per heavy atom. The van der Waals surface area contributed by atoms with Crippen LogP contribution < -0.4 is 5.46 Å². The molecule has 0 saturated carbocycles. The van der Waals surface area contributed by atoms with E-state index in [1.165, 1.54) is 0 Å². The Balaban J connectivity index is 1.78. The maximum Gasteiger partial charge on any atom is 0.494 e. The highest BCUT2D eigenvalue weighted by Crippen LogP contribution is 2.36. The second-order valence-electron chi connectivity index (χ2n) is 6.85. The zero-order valence-electron chi connectivity index (χ0n) is 13.2. The third kappa shape index (κ3) is 1.95. The fraction of sp³-hybridized carbons (Fsp3) is 0.375. The van der Waals surface area contributed by atoms with Crippen LogP contribution in [-0.2, 0) is 9.31 Å². The van der Waals surface area contributed by atoms with Crippen molar-refractivity contribution in [3.8, 4) is 0 Å². The van der Waals surface area contributed by atoms with Crippen molar-refractivity contribution in [3.05, 3.63) is 36.8 Å². The summed E-state index contributed by atoms with van der Waals surface area (Å²) in [7, 11) is -0.344. The average Bonchev–Trinajstić information content (AvgIpc) is 2.97. The quantitative estimate of drug-likeness (QED) is 0.646. The molecule has 3 aromatic rings. The van der Waals surface area contributed by atoms with Crippen LogP contribution in [-0.4, -0.2) is 32.9 Å². The molecular formula is C16H18BN3O2. The van der Waals surface area contributed by atoms with E-state index >= 15 is 0 Å². The summed E-state index contributed by atoms with van der Waals surface area (Å²) in [5, 5.41) is 10.3. The van der Waals surface area contributed by atoms with Crippen molar-refractivity contribution >= 4 is 29.0 Å². The molecule has 6 heteroatoms.